The number of carbonyl (C=O) groups is 2. The Morgan fingerprint density at radius 2 is 2.09 bits per heavy atom. The van der Waals surface area contributed by atoms with Gasteiger partial charge in [-0.2, -0.15) is 0 Å². The molecule has 0 saturated carbocycles. The van der Waals surface area contributed by atoms with Crippen molar-refractivity contribution in [1.29, 1.82) is 0 Å². The molecule has 1 aromatic heterocycles. The molecule has 0 unspecified atom stereocenters. The standard InChI is InChI=1S/C17H19N3O2S/c1-10-5-6-13-12(7-10)17(3,4)15(22)20(13)8-14(21)19-16-18-11(2)9-23-16/h5-7,9H,8H2,1-4H3,(H,18,19,21). The summed E-state index contributed by atoms with van der Waals surface area (Å²) in [6.07, 6.45) is 0. The van der Waals surface area contributed by atoms with Gasteiger partial charge in [-0.1, -0.05) is 17.7 Å². The van der Waals surface area contributed by atoms with Gasteiger partial charge in [0.2, 0.25) is 11.8 Å². The summed E-state index contributed by atoms with van der Waals surface area (Å²) >= 11 is 1.38. The van der Waals surface area contributed by atoms with Crippen molar-refractivity contribution in [2.75, 3.05) is 16.8 Å². The van der Waals surface area contributed by atoms with Crippen molar-refractivity contribution < 1.29 is 9.59 Å². The fourth-order valence-corrected chi connectivity index (χ4v) is 3.52. The molecule has 0 aliphatic carbocycles. The van der Waals surface area contributed by atoms with Crippen LogP contribution in [-0.4, -0.2) is 23.3 Å². The van der Waals surface area contributed by atoms with Crippen LogP contribution in [0.1, 0.15) is 30.7 Å². The first-order valence-corrected chi connectivity index (χ1v) is 8.32. The Labute approximate surface area is 139 Å². The third-order valence-electron chi connectivity index (χ3n) is 4.06. The highest BCUT2D eigenvalue weighted by Crippen LogP contribution is 2.41. The van der Waals surface area contributed by atoms with E-state index in [2.05, 4.69) is 10.3 Å². The van der Waals surface area contributed by atoms with E-state index in [0.717, 1.165) is 22.5 Å². The fraction of sp³-hybridized carbons (Fsp3) is 0.353. The molecule has 0 spiro atoms. The molecular formula is C17H19N3O2S. The summed E-state index contributed by atoms with van der Waals surface area (Å²) < 4.78 is 0. The summed E-state index contributed by atoms with van der Waals surface area (Å²) in [5.74, 6) is -0.291. The molecule has 120 valence electrons. The molecule has 1 aliphatic heterocycles. The molecule has 2 heterocycles. The van der Waals surface area contributed by atoms with Crippen molar-refractivity contribution in [2.45, 2.75) is 33.1 Å². The summed E-state index contributed by atoms with van der Waals surface area (Å²) in [7, 11) is 0. The Bertz CT molecular complexity index is 795. The molecule has 23 heavy (non-hydrogen) atoms. The van der Waals surface area contributed by atoms with Crippen LogP contribution in [0.4, 0.5) is 10.8 Å². The molecule has 1 aromatic carbocycles. The number of aromatic nitrogens is 1. The topological polar surface area (TPSA) is 62.3 Å². The van der Waals surface area contributed by atoms with Crippen LogP contribution in [0, 0.1) is 13.8 Å². The van der Waals surface area contributed by atoms with E-state index in [-0.39, 0.29) is 18.4 Å². The molecule has 3 rings (SSSR count). The van der Waals surface area contributed by atoms with Crippen molar-refractivity contribution in [2.24, 2.45) is 0 Å². The first-order chi connectivity index (χ1) is 10.8. The SMILES string of the molecule is Cc1ccc2c(c1)C(C)(C)C(=O)N2CC(=O)Nc1nc(C)cs1. The maximum Gasteiger partial charge on any atom is 0.246 e. The van der Waals surface area contributed by atoms with Gasteiger partial charge < -0.3 is 10.2 Å². The quantitative estimate of drug-likeness (QED) is 0.941. The second kappa shape index (κ2) is 5.45. The maximum atomic E-state index is 12.7. The minimum absolute atomic E-state index is 0.00302. The highest BCUT2D eigenvalue weighted by Gasteiger charge is 2.44. The van der Waals surface area contributed by atoms with E-state index in [1.807, 2.05) is 51.3 Å². The molecule has 0 radical (unpaired) electrons. The Balaban J connectivity index is 1.83. The van der Waals surface area contributed by atoms with E-state index in [0.29, 0.717) is 5.13 Å². The zero-order valence-electron chi connectivity index (χ0n) is 13.6. The number of nitrogens with zero attached hydrogens (tertiary/aromatic N) is 2. The minimum atomic E-state index is -0.612. The molecule has 1 N–H and O–H groups in total. The van der Waals surface area contributed by atoms with Crippen LogP contribution in [-0.2, 0) is 15.0 Å². The molecule has 5 nitrogen and oxygen atoms in total. The zero-order chi connectivity index (χ0) is 16.8. The predicted molar refractivity (Wildman–Crippen MR) is 92.0 cm³/mol. The lowest BCUT2D eigenvalue weighted by Gasteiger charge is -2.19. The third-order valence-corrected chi connectivity index (χ3v) is 4.94. The van der Waals surface area contributed by atoms with Gasteiger partial charge in [0.25, 0.3) is 0 Å². The number of hydrogen-bond donors (Lipinski definition) is 1. The molecule has 2 amide bonds. The maximum absolute atomic E-state index is 12.7. The normalized spacial score (nSPS) is 15.7. The Morgan fingerprint density at radius 1 is 1.35 bits per heavy atom. The van der Waals surface area contributed by atoms with Crippen LogP contribution in [0.5, 0.6) is 0 Å². The van der Waals surface area contributed by atoms with Gasteiger partial charge in [0.1, 0.15) is 6.54 Å². The molecule has 0 fully saturated rings. The number of aryl methyl sites for hydroxylation is 2. The van der Waals surface area contributed by atoms with Crippen LogP contribution in [0.2, 0.25) is 0 Å². The number of rotatable bonds is 3. The van der Waals surface area contributed by atoms with E-state index in [9.17, 15) is 9.59 Å². The predicted octanol–water partition coefficient (Wildman–Crippen LogP) is 3.02. The number of anilines is 2. The highest BCUT2D eigenvalue weighted by atomic mass is 32.1. The van der Waals surface area contributed by atoms with Crippen molar-refractivity contribution in [3.8, 4) is 0 Å². The number of benzene rings is 1. The molecular weight excluding hydrogens is 310 g/mol. The largest absolute Gasteiger partial charge is 0.302 e. The van der Waals surface area contributed by atoms with Crippen molar-refractivity contribution in [3.63, 3.8) is 0 Å². The highest BCUT2D eigenvalue weighted by molar-refractivity contribution is 7.13. The van der Waals surface area contributed by atoms with E-state index in [1.54, 1.807) is 4.90 Å². The Kier molecular flexibility index (Phi) is 3.72. The van der Waals surface area contributed by atoms with Gasteiger partial charge in [-0.3, -0.25) is 9.59 Å². The molecule has 6 heteroatoms. The van der Waals surface area contributed by atoms with Gasteiger partial charge in [0.15, 0.2) is 5.13 Å². The first-order valence-electron chi connectivity index (χ1n) is 7.44. The van der Waals surface area contributed by atoms with Gasteiger partial charge in [-0.15, -0.1) is 11.3 Å². The summed E-state index contributed by atoms with van der Waals surface area (Å²) in [6, 6.07) is 5.90. The van der Waals surface area contributed by atoms with E-state index in [1.165, 1.54) is 11.3 Å². The van der Waals surface area contributed by atoms with Crippen molar-refractivity contribution in [1.82, 2.24) is 4.98 Å². The lowest BCUT2D eigenvalue weighted by molar-refractivity contribution is -0.124. The van der Waals surface area contributed by atoms with E-state index >= 15 is 0 Å². The molecule has 0 saturated heterocycles. The number of amides is 2. The van der Waals surface area contributed by atoms with Gasteiger partial charge in [-0.05, 0) is 39.3 Å². The van der Waals surface area contributed by atoms with Crippen LogP contribution in [0.15, 0.2) is 23.6 Å². The Hall–Kier alpha value is -2.21. The fourth-order valence-electron chi connectivity index (χ4n) is 2.82. The van der Waals surface area contributed by atoms with Crippen molar-refractivity contribution >= 4 is 34.0 Å². The molecule has 2 aromatic rings. The second-order valence-corrected chi connectivity index (χ2v) is 7.24. The number of nitrogens with one attached hydrogen (secondary N) is 1. The average Bonchev–Trinajstić information content (AvgIpc) is 2.95. The third kappa shape index (κ3) is 2.74. The molecule has 1 aliphatic rings. The van der Waals surface area contributed by atoms with Gasteiger partial charge in [0.05, 0.1) is 11.1 Å². The van der Waals surface area contributed by atoms with E-state index in [4.69, 9.17) is 0 Å². The molecule has 0 atom stereocenters. The lowest BCUT2D eigenvalue weighted by atomic mass is 9.85. The minimum Gasteiger partial charge on any atom is -0.302 e. The van der Waals surface area contributed by atoms with Gasteiger partial charge in [0, 0.05) is 11.1 Å². The Morgan fingerprint density at radius 3 is 2.74 bits per heavy atom. The monoisotopic (exact) mass is 329 g/mol. The lowest BCUT2D eigenvalue weighted by Crippen LogP contribution is -2.40. The summed E-state index contributed by atoms with van der Waals surface area (Å²) in [6.45, 7) is 7.67. The van der Waals surface area contributed by atoms with Crippen LogP contribution in [0.25, 0.3) is 0 Å². The summed E-state index contributed by atoms with van der Waals surface area (Å²) in [4.78, 5) is 30.8. The van der Waals surface area contributed by atoms with E-state index < -0.39 is 5.41 Å². The second-order valence-electron chi connectivity index (χ2n) is 6.38. The summed E-state index contributed by atoms with van der Waals surface area (Å²) in [5, 5.41) is 5.19. The van der Waals surface area contributed by atoms with Crippen molar-refractivity contribution in [3.05, 3.63) is 40.4 Å². The van der Waals surface area contributed by atoms with Crippen LogP contribution < -0.4 is 10.2 Å². The number of carbonyl (C=O) groups excluding carboxylic acids is 2. The van der Waals surface area contributed by atoms with Crippen LogP contribution >= 0.6 is 11.3 Å². The number of thiazole rings is 1. The smallest absolute Gasteiger partial charge is 0.246 e. The summed E-state index contributed by atoms with van der Waals surface area (Å²) in [5.41, 5.74) is 3.15. The first kappa shape index (κ1) is 15.7. The van der Waals surface area contributed by atoms with Gasteiger partial charge in [-0.25, -0.2) is 4.98 Å². The van der Waals surface area contributed by atoms with Crippen LogP contribution in [0.3, 0.4) is 0 Å². The van der Waals surface area contributed by atoms with Gasteiger partial charge >= 0.3 is 0 Å². The number of hydrogen-bond acceptors (Lipinski definition) is 4. The molecule has 0 bridgehead atoms. The zero-order valence-corrected chi connectivity index (χ0v) is 14.5. The number of fused-ring (bicyclic) bond motifs is 1. The average molecular weight is 329 g/mol.